The molecular weight excluding hydrogens is 324 g/mol. The van der Waals surface area contributed by atoms with Crippen LogP contribution in [-0.4, -0.2) is 48.9 Å². The number of likely N-dealkylation sites (N-methyl/N-ethyl adjacent to an activating group) is 1. The van der Waals surface area contributed by atoms with E-state index in [0.717, 1.165) is 5.56 Å². The normalized spacial score (nSPS) is 11.4. The summed E-state index contributed by atoms with van der Waals surface area (Å²) < 4.78 is 5.24. The smallest absolute Gasteiger partial charge is 0.410 e. The number of amides is 2. The van der Waals surface area contributed by atoms with Gasteiger partial charge in [-0.05, 0) is 50.8 Å². The second kappa shape index (κ2) is 9.37. The van der Waals surface area contributed by atoms with Gasteiger partial charge in [0.1, 0.15) is 5.60 Å². The first-order valence-corrected chi connectivity index (χ1v) is 8.98. The molecule has 0 radical (unpaired) electrons. The third kappa shape index (κ3) is 8.06. The number of carbonyl (C=O) groups is 2. The van der Waals surface area contributed by atoms with Gasteiger partial charge in [0.15, 0.2) is 0 Å². The van der Waals surface area contributed by atoms with E-state index >= 15 is 0 Å². The lowest BCUT2D eigenvalue weighted by atomic mass is 10.2. The molecule has 1 aromatic carbocycles. The maximum atomic E-state index is 11.8. The minimum Gasteiger partial charge on any atom is -0.444 e. The molecule has 6 heteroatoms. The molecule has 132 valence electrons. The number of carbonyl (C=O) groups excluding carboxylic acids is 2. The Kier molecular flexibility index (Phi) is 7.85. The molecule has 0 fully saturated rings. The van der Waals surface area contributed by atoms with Gasteiger partial charge in [-0.15, -0.1) is 11.8 Å². The molecule has 0 aliphatic carbocycles. The molecule has 0 heterocycles. The Balaban J connectivity index is 2.35. The third-order valence-corrected chi connectivity index (χ3v) is 3.74. The van der Waals surface area contributed by atoms with Gasteiger partial charge in [-0.3, -0.25) is 4.79 Å². The zero-order valence-corrected chi connectivity index (χ0v) is 15.8. The summed E-state index contributed by atoms with van der Waals surface area (Å²) in [6.45, 7) is 6.20. The van der Waals surface area contributed by atoms with Crippen LogP contribution in [0.2, 0.25) is 0 Å². The van der Waals surface area contributed by atoms with Gasteiger partial charge in [-0.2, -0.15) is 0 Å². The quantitative estimate of drug-likeness (QED) is 0.631. The first-order chi connectivity index (χ1) is 11.2. The highest BCUT2D eigenvalue weighted by molar-refractivity contribution is 7.98. The predicted octanol–water partition coefficient (Wildman–Crippen LogP) is 3.40. The SMILES string of the molecule is CSc1ccc(/C=C/C(=O)NCCN(C)C(=O)OC(C)(C)C)cc1. The van der Waals surface area contributed by atoms with E-state index in [1.807, 2.05) is 51.3 Å². The van der Waals surface area contributed by atoms with E-state index in [1.54, 1.807) is 24.9 Å². The molecule has 0 saturated carbocycles. The monoisotopic (exact) mass is 350 g/mol. The van der Waals surface area contributed by atoms with Crippen molar-refractivity contribution in [2.45, 2.75) is 31.3 Å². The fourth-order valence-corrected chi connectivity index (χ4v) is 2.13. The van der Waals surface area contributed by atoms with Crippen LogP contribution < -0.4 is 5.32 Å². The fourth-order valence-electron chi connectivity index (χ4n) is 1.72. The molecular formula is C18H26N2O3S. The van der Waals surface area contributed by atoms with Gasteiger partial charge in [0, 0.05) is 31.1 Å². The summed E-state index contributed by atoms with van der Waals surface area (Å²) in [6.07, 6.45) is 4.87. The maximum absolute atomic E-state index is 11.8. The lowest BCUT2D eigenvalue weighted by molar-refractivity contribution is -0.116. The summed E-state index contributed by atoms with van der Waals surface area (Å²) in [5, 5.41) is 2.74. The van der Waals surface area contributed by atoms with Crippen molar-refractivity contribution in [3.8, 4) is 0 Å². The summed E-state index contributed by atoms with van der Waals surface area (Å²) in [4.78, 5) is 26.2. The number of thioether (sulfide) groups is 1. The highest BCUT2D eigenvalue weighted by atomic mass is 32.2. The molecule has 0 saturated heterocycles. The summed E-state index contributed by atoms with van der Waals surface area (Å²) in [6, 6.07) is 7.95. The molecule has 0 bridgehead atoms. The first kappa shape index (κ1) is 20.1. The molecule has 2 amide bonds. The number of ether oxygens (including phenoxy) is 1. The Bertz CT molecular complexity index is 577. The molecule has 0 atom stereocenters. The van der Waals surface area contributed by atoms with Crippen LogP contribution in [-0.2, 0) is 9.53 Å². The zero-order valence-electron chi connectivity index (χ0n) is 15.0. The highest BCUT2D eigenvalue weighted by Gasteiger charge is 2.19. The van der Waals surface area contributed by atoms with E-state index in [9.17, 15) is 9.59 Å². The first-order valence-electron chi connectivity index (χ1n) is 7.75. The number of hydrogen-bond acceptors (Lipinski definition) is 4. The van der Waals surface area contributed by atoms with E-state index in [0.29, 0.717) is 13.1 Å². The minimum atomic E-state index is -0.525. The van der Waals surface area contributed by atoms with Crippen LogP contribution in [0.5, 0.6) is 0 Å². The zero-order chi connectivity index (χ0) is 18.2. The summed E-state index contributed by atoms with van der Waals surface area (Å²) in [7, 11) is 1.64. The molecule has 0 unspecified atom stereocenters. The summed E-state index contributed by atoms with van der Waals surface area (Å²) in [5.74, 6) is -0.193. The molecule has 0 spiro atoms. The Morgan fingerprint density at radius 3 is 2.42 bits per heavy atom. The Morgan fingerprint density at radius 1 is 1.25 bits per heavy atom. The average molecular weight is 350 g/mol. The van der Waals surface area contributed by atoms with Crippen molar-refractivity contribution in [3.05, 3.63) is 35.9 Å². The average Bonchev–Trinajstić information content (AvgIpc) is 2.51. The van der Waals surface area contributed by atoms with Gasteiger partial charge in [-0.25, -0.2) is 4.79 Å². The van der Waals surface area contributed by atoms with Crippen LogP contribution in [0.1, 0.15) is 26.3 Å². The molecule has 1 aromatic rings. The van der Waals surface area contributed by atoms with Gasteiger partial charge in [0.05, 0.1) is 0 Å². The topological polar surface area (TPSA) is 58.6 Å². The van der Waals surface area contributed by atoms with Crippen LogP contribution in [0, 0.1) is 0 Å². The van der Waals surface area contributed by atoms with Crippen LogP contribution in [0.4, 0.5) is 4.79 Å². The van der Waals surface area contributed by atoms with Crippen molar-refractivity contribution >= 4 is 29.8 Å². The van der Waals surface area contributed by atoms with Crippen LogP contribution in [0.15, 0.2) is 35.2 Å². The van der Waals surface area contributed by atoms with Gasteiger partial charge in [-0.1, -0.05) is 12.1 Å². The summed E-state index contributed by atoms with van der Waals surface area (Å²) in [5.41, 5.74) is 0.442. The molecule has 5 nitrogen and oxygen atoms in total. The van der Waals surface area contributed by atoms with E-state index < -0.39 is 11.7 Å². The fraction of sp³-hybridized carbons (Fsp3) is 0.444. The van der Waals surface area contributed by atoms with E-state index in [-0.39, 0.29) is 5.91 Å². The Labute approximate surface area is 148 Å². The van der Waals surface area contributed by atoms with Crippen LogP contribution >= 0.6 is 11.8 Å². The van der Waals surface area contributed by atoms with Gasteiger partial charge in [0.25, 0.3) is 0 Å². The van der Waals surface area contributed by atoms with Crippen molar-refractivity contribution in [3.63, 3.8) is 0 Å². The van der Waals surface area contributed by atoms with Crippen molar-refractivity contribution in [1.82, 2.24) is 10.2 Å². The number of nitrogens with zero attached hydrogens (tertiary/aromatic N) is 1. The number of hydrogen-bond donors (Lipinski definition) is 1. The molecule has 0 aromatic heterocycles. The van der Waals surface area contributed by atoms with Crippen molar-refractivity contribution < 1.29 is 14.3 Å². The number of benzene rings is 1. The largest absolute Gasteiger partial charge is 0.444 e. The highest BCUT2D eigenvalue weighted by Crippen LogP contribution is 2.15. The second-order valence-corrected chi connectivity index (χ2v) is 7.18. The predicted molar refractivity (Wildman–Crippen MR) is 99.1 cm³/mol. The molecule has 1 N–H and O–H groups in total. The van der Waals surface area contributed by atoms with E-state index in [1.165, 1.54) is 15.9 Å². The van der Waals surface area contributed by atoms with E-state index in [4.69, 9.17) is 4.74 Å². The number of rotatable bonds is 6. The standard InChI is InChI=1S/C18H26N2O3S/c1-18(2,3)23-17(22)20(4)13-12-19-16(21)11-8-14-6-9-15(24-5)10-7-14/h6-11H,12-13H2,1-5H3,(H,19,21)/b11-8+. The van der Waals surface area contributed by atoms with Crippen molar-refractivity contribution in [2.75, 3.05) is 26.4 Å². The molecule has 0 aliphatic heterocycles. The van der Waals surface area contributed by atoms with Crippen LogP contribution in [0.25, 0.3) is 6.08 Å². The van der Waals surface area contributed by atoms with Crippen molar-refractivity contribution in [2.24, 2.45) is 0 Å². The van der Waals surface area contributed by atoms with E-state index in [2.05, 4.69) is 5.32 Å². The molecule has 24 heavy (non-hydrogen) atoms. The number of nitrogens with one attached hydrogen (secondary N) is 1. The molecule has 1 rings (SSSR count). The molecule has 0 aliphatic rings. The van der Waals surface area contributed by atoms with Gasteiger partial charge in [0.2, 0.25) is 5.91 Å². The van der Waals surface area contributed by atoms with Crippen molar-refractivity contribution in [1.29, 1.82) is 0 Å². The minimum absolute atomic E-state index is 0.193. The summed E-state index contributed by atoms with van der Waals surface area (Å²) >= 11 is 1.68. The lowest BCUT2D eigenvalue weighted by Crippen LogP contribution is -2.38. The maximum Gasteiger partial charge on any atom is 0.410 e. The van der Waals surface area contributed by atoms with Crippen LogP contribution in [0.3, 0.4) is 0 Å². The Morgan fingerprint density at radius 2 is 1.88 bits per heavy atom. The van der Waals surface area contributed by atoms with Gasteiger partial charge >= 0.3 is 6.09 Å². The van der Waals surface area contributed by atoms with Gasteiger partial charge < -0.3 is 15.0 Å². The third-order valence-electron chi connectivity index (χ3n) is 2.99. The Hall–Kier alpha value is -1.95. The second-order valence-electron chi connectivity index (χ2n) is 6.30. The lowest BCUT2D eigenvalue weighted by Gasteiger charge is -2.24.